The molecule has 0 aromatic heterocycles. The van der Waals surface area contributed by atoms with Gasteiger partial charge in [0.25, 0.3) is 0 Å². The molecule has 13 nitrogen and oxygen atoms in total. The molecule has 0 aromatic carbocycles. The molecule has 0 radical (unpaired) electrons. The van der Waals surface area contributed by atoms with Crippen molar-refractivity contribution in [3.63, 3.8) is 0 Å². The fraction of sp³-hybridized carbons (Fsp3) is 0.948. The van der Waals surface area contributed by atoms with Gasteiger partial charge in [0.15, 0.2) is 0 Å². The second-order valence-corrected chi connectivity index (χ2v) is 23.1. The first kappa shape index (κ1) is 69.1. The van der Waals surface area contributed by atoms with Crippen molar-refractivity contribution in [1.29, 1.82) is 0 Å². The van der Waals surface area contributed by atoms with E-state index < -0.39 is 75.2 Å². The van der Waals surface area contributed by atoms with Gasteiger partial charge < -0.3 is 46.0 Å². The maximum Gasteiger partial charge on any atom is 0.472 e. The van der Waals surface area contributed by atoms with Crippen LogP contribution in [0.15, 0.2) is 12.2 Å². The lowest BCUT2D eigenvalue weighted by atomic mass is 9.85. The van der Waals surface area contributed by atoms with E-state index in [9.17, 15) is 50.0 Å². The fourth-order valence-electron chi connectivity index (χ4n) is 10.0. The van der Waals surface area contributed by atoms with E-state index in [-0.39, 0.29) is 12.8 Å². The number of carbonyl (C=O) groups excluding carboxylic acids is 1. The number of aliphatic hydroxyl groups excluding tert-OH is 7. The lowest BCUT2D eigenvalue weighted by Gasteiger charge is -2.41. The molecule has 0 aliphatic heterocycles. The summed E-state index contributed by atoms with van der Waals surface area (Å²) in [5, 5.41) is 74.3. The van der Waals surface area contributed by atoms with E-state index >= 15 is 0 Å². The van der Waals surface area contributed by atoms with Gasteiger partial charge in [-0.05, 0) is 38.5 Å². The Kier molecular flexibility index (Phi) is 45.3. The van der Waals surface area contributed by atoms with E-state index in [1.54, 1.807) is 0 Å². The third kappa shape index (κ3) is 37.7. The van der Waals surface area contributed by atoms with E-state index in [0.717, 1.165) is 51.4 Å². The summed E-state index contributed by atoms with van der Waals surface area (Å²) in [4.78, 5) is 23.3. The third-order valence-electron chi connectivity index (χ3n) is 14.9. The summed E-state index contributed by atoms with van der Waals surface area (Å²) in [6.07, 6.45) is 42.6. The van der Waals surface area contributed by atoms with Gasteiger partial charge in [-0.3, -0.25) is 13.8 Å². The SMILES string of the molecule is CCCCCCCCCCCCCCCCCCCC/C=C\CCCCCCCCCCCCCCCCCC(O)CC(=O)NC(COP(=O)(O)OC1C(O)C(O)C(O)C(O)C1O)C(O)CCCCCCC. The maximum absolute atomic E-state index is 13.0. The van der Waals surface area contributed by atoms with Crippen LogP contribution in [0.1, 0.15) is 290 Å². The van der Waals surface area contributed by atoms with Gasteiger partial charge in [0.2, 0.25) is 5.91 Å². The van der Waals surface area contributed by atoms with Gasteiger partial charge in [-0.2, -0.15) is 0 Å². The Labute approximate surface area is 440 Å². The Bertz CT molecular complexity index is 1280. The quantitative estimate of drug-likeness (QED) is 0.0158. The van der Waals surface area contributed by atoms with Crippen molar-refractivity contribution in [2.75, 3.05) is 6.61 Å². The lowest BCUT2D eigenvalue weighted by molar-refractivity contribution is -0.220. The number of nitrogens with one attached hydrogen (secondary N) is 1. The Morgan fingerprint density at radius 1 is 0.472 bits per heavy atom. The van der Waals surface area contributed by atoms with Crippen LogP contribution in [0.2, 0.25) is 0 Å². The fourth-order valence-corrected chi connectivity index (χ4v) is 11.0. The highest BCUT2D eigenvalue weighted by molar-refractivity contribution is 7.47. The normalized spacial score (nSPS) is 21.5. The number of amides is 1. The van der Waals surface area contributed by atoms with E-state index in [2.05, 4.69) is 31.3 Å². The van der Waals surface area contributed by atoms with Crippen LogP contribution in [-0.4, -0.2) is 108 Å². The molecular formula is C58H114NO12P. The van der Waals surface area contributed by atoms with E-state index in [4.69, 9.17) is 9.05 Å². The summed E-state index contributed by atoms with van der Waals surface area (Å²) in [5.74, 6) is -0.563. The van der Waals surface area contributed by atoms with Gasteiger partial charge >= 0.3 is 7.82 Å². The summed E-state index contributed by atoms with van der Waals surface area (Å²) >= 11 is 0. The zero-order chi connectivity index (χ0) is 52.9. The zero-order valence-electron chi connectivity index (χ0n) is 46.1. The predicted octanol–water partition coefficient (Wildman–Crippen LogP) is 12.9. The number of rotatable bonds is 52. The second-order valence-electron chi connectivity index (χ2n) is 21.7. The topological polar surface area (TPSA) is 226 Å². The smallest absolute Gasteiger partial charge is 0.393 e. The van der Waals surface area contributed by atoms with Gasteiger partial charge in [0, 0.05) is 0 Å². The van der Waals surface area contributed by atoms with Gasteiger partial charge in [-0.1, -0.05) is 257 Å². The number of allylic oxidation sites excluding steroid dienone is 2. The Morgan fingerprint density at radius 2 is 0.778 bits per heavy atom. The van der Waals surface area contributed by atoms with Gasteiger partial charge in [-0.25, -0.2) is 4.57 Å². The van der Waals surface area contributed by atoms with Crippen molar-refractivity contribution in [3.05, 3.63) is 12.2 Å². The molecule has 8 atom stereocenters. The monoisotopic (exact) mass is 1050 g/mol. The predicted molar refractivity (Wildman–Crippen MR) is 294 cm³/mol. The number of unbranched alkanes of at least 4 members (excludes halogenated alkanes) is 37. The molecule has 428 valence electrons. The molecule has 0 bridgehead atoms. The first-order valence-corrected chi connectivity index (χ1v) is 31.7. The first-order chi connectivity index (χ1) is 34.8. The molecule has 8 unspecified atom stereocenters. The van der Waals surface area contributed by atoms with E-state index in [1.165, 1.54) is 199 Å². The largest absolute Gasteiger partial charge is 0.472 e. The molecule has 0 aromatic rings. The van der Waals surface area contributed by atoms with Crippen LogP contribution in [0.4, 0.5) is 0 Å². The molecule has 1 aliphatic carbocycles. The summed E-state index contributed by atoms with van der Waals surface area (Å²) in [6, 6.07) is -1.15. The second kappa shape index (κ2) is 47.3. The zero-order valence-corrected chi connectivity index (χ0v) is 47.0. The molecule has 1 aliphatic rings. The summed E-state index contributed by atoms with van der Waals surface area (Å²) in [6.45, 7) is 3.69. The molecule has 0 saturated heterocycles. The van der Waals surface area contributed by atoms with Crippen molar-refractivity contribution in [2.24, 2.45) is 0 Å². The van der Waals surface area contributed by atoms with Crippen LogP contribution < -0.4 is 5.32 Å². The molecule has 0 spiro atoms. The van der Waals surface area contributed by atoms with Crippen molar-refractivity contribution < 1.29 is 59.0 Å². The summed E-state index contributed by atoms with van der Waals surface area (Å²) < 4.78 is 22.8. The number of phosphoric acid groups is 1. The number of aliphatic hydroxyl groups is 7. The summed E-state index contributed by atoms with van der Waals surface area (Å²) in [5.41, 5.74) is 0. The lowest BCUT2D eigenvalue weighted by Crippen LogP contribution is -2.64. The van der Waals surface area contributed by atoms with E-state index in [0.29, 0.717) is 12.8 Å². The minimum Gasteiger partial charge on any atom is -0.393 e. The first-order valence-electron chi connectivity index (χ1n) is 30.2. The number of hydrogen-bond acceptors (Lipinski definition) is 11. The highest BCUT2D eigenvalue weighted by Crippen LogP contribution is 2.47. The Morgan fingerprint density at radius 3 is 1.14 bits per heavy atom. The number of carbonyl (C=O) groups is 1. The van der Waals surface area contributed by atoms with Crippen molar-refractivity contribution in [1.82, 2.24) is 5.32 Å². The Balaban J connectivity index is 2.03. The van der Waals surface area contributed by atoms with Crippen LogP contribution >= 0.6 is 7.82 Å². The van der Waals surface area contributed by atoms with Crippen molar-refractivity contribution in [2.45, 2.75) is 345 Å². The van der Waals surface area contributed by atoms with Crippen LogP contribution in [0.25, 0.3) is 0 Å². The van der Waals surface area contributed by atoms with Crippen LogP contribution in [0, 0.1) is 0 Å². The average molecular weight is 1050 g/mol. The van der Waals surface area contributed by atoms with Gasteiger partial charge in [-0.15, -0.1) is 0 Å². The molecule has 9 N–H and O–H groups in total. The molecule has 1 rings (SSSR count). The minimum absolute atomic E-state index is 0.219. The van der Waals surface area contributed by atoms with Gasteiger partial charge in [0.1, 0.15) is 36.6 Å². The van der Waals surface area contributed by atoms with Crippen molar-refractivity contribution in [3.8, 4) is 0 Å². The highest BCUT2D eigenvalue weighted by Gasteiger charge is 2.51. The van der Waals surface area contributed by atoms with E-state index in [1.807, 2.05) is 0 Å². The molecule has 1 fully saturated rings. The van der Waals surface area contributed by atoms with Crippen LogP contribution in [0.3, 0.4) is 0 Å². The summed E-state index contributed by atoms with van der Waals surface area (Å²) in [7, 11) is -5.10. The molecule has 1 saturated carbocycles. The highest BCUT2D eigenvalue weighted by atomic mass is 31.2. The molecule has 14 heteroatoms. The van der Waals surface area contributed by atoms with Crippen LogP contribution in [0.5, 0.6) is 0 Å². The molecule has 0 heterocycles. The molecule has 1 amide bonds. The average Bonchev–Trinajstić information content (AvgIpc) is 3.36. The third-order valence-corrected chi connectivity index (χ3v) is 15.9. The molecular weight excluding hydrogens is 934 g/mol. The maximum atomic E-state index is 13.0. The number of phosphoric ester groups is 1. The molecule has 72 heavy (non-hydrogen) atoms. The van der Waals surface area contributed by atoms with Crippen LogP contribution in [-0.2, 0) is 18.4 Å². The Hall–Kier alpha value is -0.960. The number of hydrogen-bond donors (Lipinski definition) is 9. The van der Waals surface area contributed by atoms with Gasteiger partial charge in [0.05, 0.1) is 31.3 Å². The minimum atomic E-state index is -5.10. The standard InChI is InChI=1S/C58H114NO12P/c1-3-5-7-9-10-11-12-13-14-15-16-17-18-19-20-21-22-23-24-25-26-27-28-29-30-31-32-33-34-35-36-37-38-39-40-42-43-45-49(60)47-52(62)59-50(51(61)46-44-41-8-6-4-2)48-70-72(68,69)71-58-56(66)54(64)53(63)55(65)57(58)67/h25-26,49-51,53-58,60-61,63-67H,3-24,27-48H2,1-2H3,(H,59,62)(H,68,69)/b26-25-. The van der Waals surface area contributed by atoms with Crippen molar-refractivity contribution >= 4 is 13.7 Å².